The van der Waals surface area contributed by atoms with Gasteiger partial charge in [0.05, 0.1) is 17.5 Å². The van der Waals surface area contributed by atoms with Crippen molar-refractivity contribution in [3.05, 3.63) is 89.3 Å². The van der Waals surface area contributed by atoms with Gasteiger partial charge in [0.1, 0.15) is 11.4 Å². The van der Waals surface area contributed by atoms with Crippen molar-refractivity contribution in [1.82, 2.24) is 14.7 Å². The summed E-state index contributed by atoms with van der Waals surface area (Å²) in [5.41, 5.74) is 3.59. The lowest BCUT2D eigenvalue weighted by Crippen LogP contribution is -2.49. The van der Waals surface area contributed by atoms with Crippen LogP contribution in [0, 0.1) is 13.8 Å². The number of alkyl halides is 3. The number of anilines is 1. The first-order valence-electron chi connectivity index (χ1n) is 11.6. The molecule has 36 heavy (non-hydrogen) atoms. The Morgan fingerprint density at radius 2 is 1.72 bits per heavy atom. The van der Waals surface area contributed by atoms with Gasteiger partial charge in [0.15, 0.2) is 5.76 Å². The highest BCUT2D eigenvalue weighted by atomic mass is 19.4. The Morgan fingerprint density at radius 1 is 0.944 bits per heavy atom. The number of furan rings is 1. The van der Waals surface area contributed by atoms with Gasteiger partial charge in [-0.05, 0) is 61.4 Å². The highest BCUT2D eigenvalue weighted by molar-refractivity contribution is 5.94. The van der Waals surface area contributed by atoms with Crippen LogP contribution >= 0.6 is 0 Å². The van der Waals surface area contributed by atoms with Crippen LogP contribution in [0.2, 0.25) is 0 Å². The van der Waals surface area contributed by atoms with Crippen LogP contribution in [-0.4, -0.2) is 46.8 Å². The third-order valence-corrected chi connectivity index (χ3v) is 6.40. The molecule has 1 aliphatic rings. The van der Waals surface area contributed by atoms with E-state index in [1.165, 1.54) is 6.07 Å². The first kappa shape index (κ1) is 23.7. The summed E-state index contributed by atoms with van der Waals surface area (Å²) in [6.45, 7) is 5.55. The number of rotatable bonds is 4. The van der Waals surface area contributed by atoms with Crippen LogP contribution < -0.4 is 4.90 Å². The number of halogens is 3. The van der Waals surface area contributed by atoms with Crippen molar-refractivity contribution in [2.45, 2.75) is 20.0 Å². The average Bonchev–Trinajstić information content (AvgIpc) is 3.55. The Kier molecular flexibility index (Phi) is 6.07. The minimum Gasteiger partial charge on any atom is -0.463 e. The van der Waals surface area contributed by atoms with Gasteiger partial charge in [0.25, 0.3) is 5.91 Å². The molecule has 0 N–H and O–H groups in total. The lowest BCUT2D eigenvalue weighted by atomic mass is 10.1. The van der Waals surface area contributed by atoms with Crippen LogP contribution in [0.1, 0.15) is 27.2 Å². The second kappa shape index (κ2) is 9.22. The van der Waals surface area contributed by atoms with E-state index in [4.69, 9.17) is 9.52 Å². The molecule has 186 valence electrons. The first-order chi connectivity index (χ1) is 17.2. The van der Waals surface area contributed by atoms with E-state index in [0.29, 0.717) is 49.0 Å². The number of amides is 1. The van der Waals surface area contributed by atoms with Gasteiger partial charge in [0, 0.05) is 37.9 Å². The minimum absolute atomic E-state index is 0.190. The summed E-state index contributed by atoms with van der Waals surface area (Å²) in [4.78, 5) is 17.3. The molecule has 0 bridgehead atoms. The van der Waals surface area contributed by atoms with Crippen molar-refractivity contribution in [3.8, 4) is 17.1 Å². The maximum absolute atomic E-state index is 13.7. The zero-order chi connectivity index (χ0) is 25.4. The van der Waals surface area contributed by atoms with E-state index < -0.39 is 11.7 Å². The number of hydrogen-bond donors (Lipinski definition) is 0. The largest absolute Gasteiger partial charge is 0.463 e. The lowest BCUT2D eigenvalue weighted by molar-refractivity contribution is -0.137. The fourth-order valence-corrected chi connectivity index (χ4v) is 4.42. The van der Waals surface area contributed by atoms with Crippen molar-refractivity contribution in [3.63, 3.8) is 0 Å². The molecule has 1 amide bonds. The Morgan fingerprint density at radius 3 is 2.42 bits per heavy atom. The van der Waals surface area contributed by atoms with Gasteiger partial charge < -0.3 is 14.2 Å². The van der Waals surface area contributed by atoms with Gasteiger partial charge >= 0.3 is 6.18 Å². The standard InChI is InChI=1S/C27H25F3N4O2/c1-18-8-9-19(2)23(15-18)34-24(17-22(31-34)25-7-4-14-36-25)26(35)33-12-10-32(11-13-33)21-6-3-5-20(16-21)27(28,29)30/h3-9,14-17H,10-13H2,1-2H3. The second-order valence-corrected chi connectivity index (χ2v) is 8.92. The topological polar surface area (TPSA) is 54.5 Å². The van der Waals surface area contributed by atoms with Gasteiger partial charge in [-0.25, -0.2) is 4.68 Å². The summed E-state index contributed by atoms with van der Waals surface area (Å²) in [7, 11) is 0. The normalized spacial score (nSPS) is 14.4. The molecule has 3 heterocycles. The Labute approximate surface area is 206 Å². The van der Waals surface area contributed by atoms with E-state index in [1.54, 1.807) is 40.1 Å². The summed E-state index contributed by atoms with van der Waals surface area (Å²) in [6, 6.07) is 16.5. The first-order valence-corrected chi connectivity index (χ1v) is 11.6. The van der Waals surface area contributed by atoms with Crippen molar-refractivity contribution in [2.75, 3.05) is 31.1 Å². The van der Waals surface area contributed by atoms with Crippen LogP contribution in [0.4, 0.5) is 18.9 Å². The number of nitrogens with zero attached hydrogens (tertiary/aromatic N) is 4. The number of carbonyl (C=O) groups is 1. The molecule has 0 saturated carbocycles. The summed E-state index contributed by atoms with van der Waals surface area (Å²) < 4.78 is 46.6. The molecule has 1 aliphatic heterocycles. The van der Waals surface area contributed by atoms with Crippen LogP contribution in [0.15, 0.2) is 71.3 Å². The Balaban J connectivity index is 1.41. The molecule has 9 heteroatoms. The quantitative estimate of drug-likeness (QED) is 0.364. The van der Waals surface area contributed by atoms with Gasteiger partial charge in [-0.3, -0.25) is 4.79 Å². The van der Waals surface area contributed by atoms with E-state index in [-0.39, 0.29) is 5.91 Å². The fraction of sp³-hybridized carbons (Fsp3) is 0.259. The second-order valence-electron chi connectivity index (χ2n) is 8.92. The summed E-state index contributed by atoms with van der Waals surface area (Å²) in [6.07, 6.45) is -2.84. The number of aromatic nitrogens is 2. The van der Waals surface area contributed by atoms with Gasteiger partial charge in [-0.2, -0.15) is 18.3 Å². The van der Waals surface area contributed by atoms with Crippen LogP contribution in [0.5, 0.6) is 0 Å². The maximum Gasteiger partial charge on any atom is 0.416 e. The molecule has 5 rings (SSSR count). The summed E-state index contributed by atoms with van der Waals surface area (Å²) in [5, 5.41) is 4.69. The number of benzene rings is 2. The average molecular weight is 495 g/mol. The Hall–Kier alpha value is -4.01. The molecule has 2 aromatic heterocycles. The summed E-state index contributed by atoms with van der Waals surface area (Å²) in [5.74, 6) is 0.368. The zero-order valence-electron chi connectivity index (χ0n) is 19.9. The van der Waals surface area contributed by atoms with Crippen molar-refractivity contribution < 1.29 is 22.4 Å². The van der Waals surface area contributed by atoms with Crippen molar-refractivity contribution >= 4 is 11.6 Å². The van der Waals surface area contributed by atoms with Crippen LogP contribution in [-0.2, 0) is 6.18 Å². The van der Waals surface area contributed by atoms with Crippen molar-refractivity contribution in [1.29, 1.82) is 0 Å². The van der Waals surface area contributed by atoms with Crippen molar-refractivity contribution in [2.24, 2.45) is 0 Å². The van der Waals surface area contributed by atoms with E-state index in [9.17, 15) is 18.0 Å². The molecule has 0 spiro atoms. The van der Waals surface area contributed by atoms with Gasteiger partial charge in [-0.1, -0.05) is 18.2 Å². The molecule has 6 nitrogen and oxygen atoms in total. The number of carbonyl (C=O) groups excluding carboxylic acids is 1. The van der Waals surface area contributed by atoms with Gasteiger partial charge in [-0.15, -0.1) is 0 Å². The number of piperazine rings is 1. The lowest BCUT2D eigenvalue weighted by Gasteiger charge is -2.36. The fourth-order valence-electron chi connectivity index (χ4n) is 4.42. The predicted molar refractivity (Wildman–Crippen MR) is 130 cm³/mol. The van der Waals surface area contributed by atoms with Gasteiger partial charge in [0.2, 0.25) is 0 Å². The maximum atomic E-state index is 13.7. The molecule has 0 radical (unpaired) electrons. The Bertz CT molecular complexity index is 1380. The monoisotopic (exact) mass is 494 g/mol. The third kappa shape index (κ3) is 4.60. The highest BCUT2D eigenvalue weighted by Crippen LogP contribution is 2.32. The summed E-state index contributed by atoms with van der Waals surface area (Å²) >= 11 is 0. The molecule has 0 aliphatic carbocycles. The minimum atomic E-state index is -4.40. The predicted octanol–water partition coefficient (Wildman–Crippen LogP) is 5.73. The number of hydrogen-bond acceptors (Lipinski definition) is 4. The molecule has 2 aromatic carbocycles. The molecule has 0 unspecified atom stereocenters. The molecular weight excluding hydrogens is 469 g/mol. The van der Waals surface area contributed by atoms with E-state index in [0.717, 1.165) is 28.9 Å². The number of aryl methyl sites for hydroxylation is 2. The zero-order valence-corrected chi connectivity index (χ0v) is 19.9. The smallest absolute Gasteiger partial charge is 0.416 e. The SMILES string of the molecule is Cc1ccc(C)c(-n2nc(-c3ccco3)cc2C(=O)N2CCN(c3cccc(C(F)(F)F)c3)CC2)c1. The van der Waals surface area contributed by atoms with Crippen LogP contribution in [0.25, 0.3) is 17.1 Å². The molecule has 4 aromatic rings. The molecule has 1 fully saturated rings. The van der Waals surface area contributed by atoms with E-state index in [1.807, 2.05) is 36.9 Å². The van der Waals surface area contributed by atoms with Crippen LogP contribution in [0.3, 0.4) is 0 Å². The highest BCUT2D eigenvalue weighted by Gasteiger charge is 2.32. The molecular formula is C27H25F3N4O2. The van der Waals surface area contributed by atoms with E-state index in [2.05, 4.69) is 0 Å². The van der Waals surface area contributed by atoms with E-state index >= 15 is 0 Å². The molecule has 0 atom stereocenters. The molecule has 1 saturated heterocycles. The third-order valence-electron chi connectivity index (χ3n) is 6.40.